The van der Waals surface area contributed by atoms with Crippen molar-refractivity contribution in [3.05, 3.63) is 12.4 Å². The molecule has 2 nitrogen and oxygen atoms in total. The van der Waals surface area contributed by atoms with E-state index >= 15 is 0 Å². The molecule has 0 aromatic carbocycles. The minimum Gasteiger partial charge on any atom is -1.00 e. The second-order valence-electron chi connectivity index (χ2n) is 2.99. The van der Waals surface area contributed by atoms with Crippen molar-refractivity contribution in [3.8, 4) is 0 Å². The molecular formula is C8H17IN2. The third-order valence-corrected chi connectivity index (χ3v) is 1.87. The largest absolute Gasteiger partial charge is 1.00 e. The number of unbranched alkanes of at least 4 members (excludes halogenated alkanes) is 1. The summed E-state index contributed by atoms with van der Waals surface area (Å²) in [7, 11) is 2.12. The maximum atomic E-state index is 2.25. The predicted octanol–water partition coefficient (Wildman–Crippen LogP) is -2.95. The Hall–Kier alpha value is 0.230. The van der Waals surface area contributed by atoms with Crippen LogP contribution in [0.5, 0.6) is 0 Å². The van der Waals surface area contributed by atoms with Gasteiger partial charge in [0, 0.05) is 7.05 Å². The van der Waals surface area contributed by atoms with Crippen LogP contribution in [0.4, 0.5) is 0 Å². The monoisotopic (exact) mass is 268 g/mol. The number of hydrogen-bond acceptors (Lipinski definition) is 1. The average Bonchev–Trinajstić information content (AvgIpc) is 2.31. The van der Waals surface area contributed by atoms with Gasteiger partial charge in [0.1, 0.15) is 6.20 Å². The highest BCUT2D eigenvalue weighted by atomic mass is 127. The van der Waals surface area contributed by atoms with Crippen LogP contribution >= 0.6 is 0 Å². The molecule has 1 unspecified atom stereocenters. The molecule has 1 heterocycles. The van der Waals surface area contributed by atoms with E-state index in [4.69, 9.17) is 0 Å². The Kier molecular flexibility index (Phi) is 5.95. The van der Waals surface area contributed by atoms with E-state index in [1.807, 2.05) is 0 Å². The van der Waals surface area contributed by atoms with Crippen molar-refractivity contribution in [3.63, 3.8) is 0 Å². The summed E-state index contributed by atoms with van der Waals surface area (Å²) in [5, 5.41) is 0. The van der Waals surface area contributed by atoms with E-state index in [0.717, 1.165) is 6.67 Å². The Balaban J connectivity index is 0.000001000. The predicted molar refractivity (Wildman–Crippen MR) is 42.5 cm³/mol. The summed E-state index contributed by atoms with van der Waals surface area (Å²) in [5.41, 5.74) is 0. The van der Waals surface area contributed by atoms with Gasteiger partial charge in [-0.3, -0.25) is 4.90 Å². The van der Waals surface area contributed by atoms with Crippen LogP contribution in [0.2, 0.25) is 0 Å². The molecule has 0 bridgehead atoms. The lowest BCUT2D eigenvalue weighted by Gasteiger charge is -2.11. The second-order valence-corrected chi connectivity index (χ2v) is 2.99. The van der Waals surface area contributed by atoms with Gasteiger partial charge < -0.3 is 28.9 Å². The van der Waals surface area contributed by atoms with Gasteiger partial charge in [0.25, 0.3) is 0 Å². The lowest BCUT2D eigenvalue weighted by atomic mass is 10.3. The zero-order valence-corrected chi connectivity index (χ0v) is 9.47. The number of rotatable bonds is 3. The summed E-state index contributed by atoms with van der Waals surface area (Å²) >= 11 is 0. The van der Waals surface area contributed by atoms with E-state index in [2.05, 4.69) is 31.3 Å². The molecule has 1 aliphatic heterocycles. The number of quaternary nitrogens is 1. The SMILES string of the molecule is CCCC[NH+]1C=CN(C)C1.[I-]. The van der Waals surface area contributed by atoms with Gasteiger partial charge in [0.05, 0.1) is 12.7 Å². The molecule has 0 aromatic heterocycles. The smallest absolute Gasteiger partial charge is 0.156 e. The molecule has 0 spiro atoms. The topological polar surface area (TPSA) is 7.68 Å². The summed E-state index contributed by atoms with van der Waals surface area (Å²) < 4.78 is 0. The third kappa shape index (κ3) is 3.96. The van der Waals surface area contributed by atoms with Crippen molar-refractivity contribution >= 4 is 0 Å². The van der Waals surface area contributed by atoms with E-state index in [1.54, 1.807) is 4.90 Å². The minimum atomic E-state index is 0. The summed E-state index contributed by atoms with van der Waals surface area (Å²) in [4.78, 5) is 3.81. The van der Waals surface area contributed by atoms with E-state index in [0.29, 0.717) is 0 Å². The van der Waals surface area contributed by atoms with Crippen molar-refractivity contribution in [2.45, 2.75) is 19.8 Å². The van der Waals surface area contributed by atoms with Crippen LogP contribution in [-0.2, 0) is 0 Å². The molecule has 0 fully saturated rings. The van der Waals surface area contributed by atoms with Gasteiger partial charge in [0.15, 0.2) is 6.67 Å². The molecule has 11 heavy (non-hydrogen) atoms. The highest BCUT2D eigenvalue weighted by Crippen LogP contribution is 1.85. The quantitative estimate of drug-likeness (QED) is 0.538. The van der Waals surface area contributed by atoms with Crippen LogP contribution in [0.15, 0.2) is 12.4 Å². The van der Waals surface area contributed by atoms with Gasteiger partial charge >= 0.3 is 0 Å². The lowest BCUT2D eigenvalue weighted by molar-refractivity contribution is -0.848. The van der Waals surface area contributed by atoms with E-state index in [9.17, 15) is 0 Å². The molecule has 1 rings (SSSR count). The molecule has 1 atom stereocenters. The van der Waals surface area contributed by atoms with Crippen molar-refractivity contribution in [2.24, 2.45) is 0 Å². The van der Waals surface area contributed by atoms with Crippen LogP contribution < -0.4 is 28.9 Å². The standard InChI is InChI=1S/C8H16N2.HI/c1-3-4-5-10-7-6-9(2)8-10;/h6-7H,3-5,8H2,1-2H3;1H. The van der Waals surface area contributed by atoms with Gasteiger partial charge in [0.2, 0.25) is 0 Å². The number of nitrogens with one attached hydrogen (secondary N) is 1. The van der Waals surface area contributed by atoms with E-state index in [-0.39, 0.29) is 24.0 Å². The normalized spacial score (nSPS) is 22.0. The summed E-state index contributed by atoms with van der Waals surface area (Å²) in [6.45, 7) is 4.68. The maximum Gasteiger partial charge on any atom is 0.156 e. The Labute approximate surface area is 86.3 Å². The molecule has 1 N–H and O–H groups in total. The summed E-state index contributed by atoms with van der Waals surface area (Å²) in [5.74, 6) is 0. The van der Waals surface area contributed by atoms with Gasteiger partial charge in [-0.25, -0.2) is 0 Å². The van der Waals surface area contributed by atoms with Crippen LogP contribution in [0, 0.1) is 0 Å². The molecule has 0 aliphatic carbocycles. The fraction of sp³-hybridized carbons (Fsp3) is 0.750. The fourth-order valence-electron chi connectivity index (χ4n) is 1.22. The van der Waals surface area contributed by atoms with Gasteiger partial charge in [-0.1, -0.05) is 13.3 Å². The minimum absolute atomic E-state index is 0. The van der Waals surface area contributed by atoms with Crippen LogP contribution in [0.1, 0.15) is 19.8 Å². The molecule has 0 saturated heterocycles. The van der Waals surface area contributed by atoms with Crippen LogP contribution in [0.3, 0.4) is 0 Å². The first-order valence-electron chi connectivity index (χ1n) is 4.06. The summed E-state index contributed by atoms with van der Waals surface area (Å²) in [6, 6.07) is 0. The third-order valence-electron chi connectivity index (χ3n) is 1.87. The summed E-state index contributed by atoms with van der Waals surface area (Å²) in [6.07, 6.45) is 7.05. The van der Waals surface area contributed by atoms with Crippen molar-refractivity contribution in [1.82, 2.24) is 4.90 Å². The molecule has 0 saturated carbocycles. The van der Waals surface area contributed by atoms with E-state index in [1.165, 1.54) is 19.4 Å². The number of halogens is 1. The van der Waals surface area contributed by atoms with Crippen LogP contribution in [-0.4, -0.2) is 25.2 Å². The Bertz CT molecular complexity index is 125. The molecular weight excluding hydrogens is 251 g/mol. The van der Waals surface area contributed by atoms with Gasteiger partial charge in [-0.15, -0.1) is 0 Å². The molecule has 0 radical (unpaired) electrons. The van der Waals surface area contributed by atoms with E-state index < -0.39 is 0 Å². The number of hydrogen-bond donors (Lipinski definition) is 1. The number of nitrogens with zero attached hydrogens (tertiary/aromatic N) is 1. The Morgan fingerprint density at radius 1 is 1.55 bits per heavy atom. The molecule has 3 heteroatoms. The highest BCUT2D eigenvalue weighted by molar-refractivity contribution is 4.74. The fourth-order valence-corrected chi connectivity index (χ4v) is 1.22. The first-order valence-corrected chi connectivity index (χ1v) is 4.06. The van der Waals surface area contributed by atoms with Gasteiger partial charge in [-0.05, 0) is 6.42 Å². The van der Waals surface area contributed by atoms with Gasteiger partial charge in [-0.2, -0.15) is 0 Å². The van der Waals surface area contributed by atoms with Crippen molar-refractivity contribution < 1.29 is 28.9 Å². The molecule has 1 aliphatic rings. The second kappa shape index (κ2) is 5.83. The highest BCUT2D eigenvalue weighted by Gasteiger charge is 2.11. The first kappa shape index (κ1) is 11.2. The zero-order chi connectivity index (χ0) is 7.40. The molecule has 0 amide bonds. The van der Waals surface area contributed by atoms with Crippen molar-refractivity contribution in [2.75, 3.05) is 20.3 Å². The Morgan fingerprint density at radius 2 is 2.27 bits per heavy atom. The maximum absolute atomic E-state index is 2.25. The molecule has 66 valence electrons. The van der Waals surface area contributed by atoms with Crippen molar-refractivity contribution in [1.29, 1.82) is 0 Å². The Morgan fingerprint density at radius 3 is 2.73 bits per heavy atom. The zero-order valence-electron chi connectivity index (χ0n) is 7.31. The molecule has 0 aromatic rings. The average molecular weight is 268 g/mol. The van der Waals surface area contributed by atoms with Crippen LogP contribution in [0.25, 0.3) is 0 Å². The lowest BCUT2D eigenvalue weighted by Crippen LogP contribution is -3.07. The first-order chi connectivity index (χ1) is 4.83.